The van der Waals surface area contributed by atoms with E-state index in [0.717, 1.165) is 12.0 Å². The zero-order chi connectivity index (χ0) is 18.2. The quantitative estimate of drug-likeness (QED) is 0.749. The third-order valence-electron chi connectivity index (χ3n) is 3.46. The minimum Gasteiger partial charge on any atom is -0.354 e. The summed E-state index contributed by atoms with van der Waals surface area (Å²) in [6.07, 6.45) is 1.31. The van der Waals surface area contributed by atoms with Gasteiger partial charge in [0.15, 0.2) is 0 Å². The van der Waals surface area contributed by atoms with Gasteiger partial charge in [0, 0.05) is 30.0 Å². The fourth-order valence-electron chi connectivity index (χ4n) is 2.07. The summed E-state index contributed by atoms with van der Waals surface area (Å²) in [6, 6.07) is 6.49. The van der Waals surface area contributed by atoms with Gasteiger partial charge in [-0.25, -0.2) is 0 Å². The van der Waals surface area contributed by atoms with Crippen LogP contribution in [-0.4, -0.2) is 34.5 Å². The Morgan fingerprint density at radius 2 is 2.00 bits per heavy atom. The maximum atomic E-state index is 11.9. The number of hydrogen-bond acceptors (Lipinski definition) is 5. The SMILES string of the molecule is CCCNC(=O)[C@@H](C)NC(=O)CCc1nc(-c2ccc(Cl)cc2)no1. The Morgan fingerprint density at radius 3 is 2.68 bits per heavy atom. The molecule has 0 spiro atoms. The molecule has 1 aromatic carbocycles. The van der Waals surface area contributed by atoms with Gasteiger partial charge in [0.05, 0.1) is 0 Å². The van der Waals surface area contributed by atoms with E-state index >= 15 is 0 Å². The minimum atomic E-state index is -0.577. The molecule has 8 heteroatoms. The van der Waals surface area contributed by atoms with Gasteiger partial charge in [0.1, 0.15) is 6.04 Å². The maximum Gasteiger partial charge on any atom is 0.242 e. The summed E-state index contributed by atoms with van der Waals surface area (Å²) in [5.41, 5.74) is 0.782. The third kappa shape index (κ3) is 5.86. The van der Waals surface area contributed by atoms with Gasteiger partial charge < -0.3 is 15.2 Å². The van der Waals surface area contributed by atoms with E-state index in [1.54, 1.807) is 31.2 Å². The van der Waals surface area contributed by atoms with Crippen LogP contribution in [0.25, 0.3) is 11.4 Å². The predicted octanol–water partition coefficient (Wildman–Crippen LogP) is 2.35. The van der Waals surface area contributed by atoms with Gasteiger partial charge >= 0.3 is 0 Å². The lowest BCUT2D eigenvalue weighted by Crippen LogP contribution is -2.45. The van der Waals surface area contributed by atoms with E-state index in [9.17, 15) is 9.59 Å². The summed E-state index contributed by atoms with van der Waals surface area (Å²) in [5, 5.41) is 9.90. The lowest BCUT2D eigenvalue weighted by atomic mass is 10.2. The van der Waals surface area contributed by atoms with Gasteiger partial charge in [-0.05, 0) is 37.6 Å². The van der Waals surface area contributed by atoms with E-state index in [4.69, 9.17) is 16.1 Å². The van der Waals surface area contributed by atoms with Crippen LogP contribution in [0, 0.1) is 0 Å². The molecule has 2 N–H and O–H groups in total. The molecule has 0 aliphatic carbocycles. The first-order chi connectivity index (χ1) is 12.0. The molecule has 0 fully saturated rings. The highest BCUT2D eigenvalue weighted by atomic mass is 35.5. The molecule has 0 aliphatic heterocycles. The van der Waals surface area contributed by atoms with Crippen molar-refractivity contribution in [3.8, 4) is 11.4 Å². The zero-order valence-corrected chi connectivity index (χ0v) is 15.0. The summed E-state index contributed by atoms with van der Waals surface area (Å²) in [4.78, 5) is 27.9. The molecule has 25 heavy (non-hydrogen) atoms. The van der Waals surface area contributed by atoms with Gasteiger partial charge in [0.2, 0.25) is 23.5 Å². The molecule has 2 amide bonds. The molecule has 0 radical (unpaired) electrons. The average molecular weight is 365 g/mol. The van der Waals surface area contributed by atoms with E-state index < -0.39 is 6.04 Å². The fraction of sp³-hybridized carbons (Fsp3) is 0.412. The second-order valence-corrected chi connectivity index (χ2v) is 6.04. The molecule has 1 aromatic heterocycles. The lowest BCUT2D eigenvalue weighted by Gasteiger charge is -2.13. The Labute approximate surface area is 151 Å². The molecule has 0 bridgehead atoms. The first kappa shape index (κ1) is 18.9. The number of aryl methyl sites for hydroxylation is 1. The number of carbonyl (C=O) groups excluding carboxylic acids is 2. The van der Waals surface area contributed by atoms with Crippen molar-refractivity contribution < 1.29 is 14.1 Å². The van der Waals surface area contributed by atoms with Gasteiger partial charge in [0.25, 0.3) is 0 Å². The van der Waals surface area contributed by atoms with Crippen LogP contribution in [0.2, 0.25) is 5.02 Å². The van der Waals surface area contributed by atoms with E-state index in [2.05, 4.69) is 20.8 Å². The van der Waals surface area contributed by atoms with Crippen LogP contribution >= 0.6 is 11.6 Å². The summed E-state index contributed by atoms with van der Waals surface area (Å²) >= 11 is 5.84. The Morgan fingerprint density at radius 1 is 1.28 bits per heavy atom. The second kappa shape index (κ2) is 9.17. The van der Waals surface area contributed by atoms with Crippen LogP contribution in [-0.2, 0) is 16.0 Å². The Balaban J connectivity index is 1.82. The fourth-order valence-corrected chi connectivity index (χ4v) is 2.20. The molecular weight excluding hydrogens is 344 g/mol. The number of carbonyl (C=O) groups is 2. The number of amides is 2. The highest BCUT2D eigenvalue weighted by Crippen LogP contribution is 2.18. The first-order valence-corrected chi connectivity index (χ1v) is 8.53. The number of hydrogen-bond donors (Lipinski definition) is 2. The van der Waals surface area contributed by atoms with Gasteiger partial charge in [-0.1, -0.05) is 23.7 Å². The highest BCUT2D eigenvalue weighted by molar-refractivity contribution is 6.30. The van der Waals surface area contributed by atoms with Gasteiger partial charge in [-0.2, -0.15) is 4.98 Å². The molecule has 0 aliphatic rings. The molecule has 0 unspecified atom stereocenters. The van der Waals surface area contributed by atoms with Gasteiger partial charge in [-0.3, -0.25) is 9.59 Å². The molecule has 2 rings (SSSR count). The first-order valence-electron chi connectivity index (χ1n) is 8.15. The molecule has 0 saturated carbocycles. The highest BCUT2D eigenvalue weighted by Gasteiger charge is 2.16. The predicted molar refractivity (Wildman–Crippen MR) is 94.0 cm³/mol. The molecule has 0 saturated heterocycles. The van der Waals surface area contributed by atoms with Crippen molar-refractivity contribution in [2.75, 3.05) is 6.54 Å². The molecule has 1 atom stereocenters. The van der Waals surface area contributed by atoms with E-state index in [1.165, 1.54) is 0 Å². The van der Waals surface area contributed by atoms with Crippen LogP contribution < -0.4 is 10.6 Å². The second-order valence-electron chi connectivity index (χ2n) is 5.60. The minimum absolute atomic E-state index is 0.160. The Bertz CT molecular complexity index is 715. The lowest BCUT2D eigenvalue weighted by molar-refractivity contribution is -0.128. The van der Waals surface area contributed by atoms with Crippen molar-refractivity contribution in [1.29, 1.82) is 0 Å². The van der Waals surface area contributed by atoms with Crippen molar-refractivity contribution in [3.05, 3.63) is 35.2 Å². The summed E-state index contributed by atoms with van der Waals surface area (Å²) in [6.45, 7) is 4.20. The van der Waals surface area contributed by atoms with Crippen molar-refractivity contribution in [2.45, 2.75) is 39.2 Å². The maximum absolute atomic E-state index is 11.9. The van der Waals surface area contributed by atoms with Crippen molar-refractivity contribution in [1.82, 2.24) is 20.8 Å². The van der Waals surface area contributed by atoms with Crippen molar-refractivity contribution >= 4 is 23.4 Å². The smallest absolute Gasteiger partial charge is 0.242 e. The number of nitrogens with zero attached hydrogens (tertiary/aromatic N) is 2. The topological polar surface area (TPSA) is 97.1 Å². The normalized spacial score (nSPS) is 11.8. The van der Waals surface area contributed by atoms with E-state index in [-0.39, 0.29) is 18.2 Å². The van der Waals surface area contributed by atoms with Crippen molar-refractivity contribution in [2.24, 2.45) is 0 Å². The number of aromatic nitrogens is 2. The summed E-state index contributed by atoms with van der Waals surface area (Å²) in [7, 11) is 0. The molecule has 2 aromatic rings. The number of nitrogens with one attached hydrogen (secondary N) is 2. The standard InChI is InChI=1S/C17H21ClN4O3/c1-3-10-19-17(24)11(2)20-14(23)8-9-15-21-16(22-25-15)12-4-6-13(18)7-5-12/h4-7,11H,3,8-10H2,1-2H3,(H,19,24)(H,20,23)/t11-/m1/s1. The average Bonchev–Trinajstić information content (AvgIpc) is 3.07. The van der Waals surface area contributed by atoms with Crippen molar-refractivity contribution in [3.63, 3.8) is 0 Å². The van der Waals surface area contributed by atoms with Crippen LogP contribution in [0.3, 0.4) is 0 Å². The van der Waals surface area contributed by atoms with Gasteiger partial charge in [-0.15, -0.1) is 0 Å². The summed E-state index contributed by atoms with van der Waals surface area (Å²) < 4.78 is 5.15. The molecule has 7 nitrogen and oxygen atoms in total. The van der Waals surface area contributed by atoms with E-state index in [0.29, 0.717) is 29.7 Å². The summed E-state index contributed by atoms with van der Waals surface area (Å²) in [5.74, 6) is 0.367. The monoisotopic (exact) mass is 364 g/mol. The number of halogens is 1. The zero-order valence-electron chi connectivity index (χ0n) is 14.2. The Kier molecular flexibility index (Phi) is 6.94. The third-order valence-corrected chi connectivity index (χ3v) is 3.71. The van der Waals surface area contributed by atoms with Crippen LogP contribution in [0.4, 0.5) is 0 Å². The van der Waals surface area contributed by atoms with Crippen LogP contribution in [0.1, 0.15) is 32.6 Å². The largest absolute Gasteiger partial charge is 0.354 e. The number of rotatable bonds is 8. The van der Waals surface area contributed by atoms with Crippen LogP contribution in [0.5, 0.6) is 0 Å². The molecule has 1 heterocycles. The molecule has 134 valence electrons. The number of benzene rings is 1. The van der Waals surface area contributed by atoms with Crippen LogP contribution in [0.15, 0.2) is 28.8 Å². The molecular formula is C17H21ClN4O3. The Hall–Kier alpha value is -2.41. The van der Waals surface area contributed by atoms with E-state index in [1.807, 2.05) is 6.92 Å².